The summed E-state index contributed by atoms with van der Waals surface area (Å²) in [6.45, 7) is 9.89. The molecule has 1 amide bonds. The summed E-state index contributed by atoms with van der Waals surface area (Å²) in [7, 11) is 0. The monoisotopic (exact) mass is 232 g/mol. The zero-order valence-electron chi connectivity index (χ0n) is 9.87. The highest BCUT2D eigenvalue weighted by atomic mass is 35.5. The molecular weight excluding hydrogens is 212 g/mol. The first-order valence-electron chi connectivity index (χ1n) is 5.77. The van der Waals surface area contributed by atoms with Gasteiger partial charge in [-0.15, -0.1) is 11.6 Å². The van der Waals surface area contributed by atoms with Crippen LogP contribution in [0.15, 0.2) is 0 Å². The van der Waals surface area contributed by atoms with E-state index in [4.69, 9.17) is 11.6 Å². The van der Waals surface area contributed by atoms with E-state index >= 15 is 0 Å². The third-order valence-corrected chi connectivity index (χ3v) is 3.33. The summed E-state index contributed by atoms with van der Waals surface area (Å²) in [4.78, 5) is 16.0. The van der Waals surface area contributed by atoms with Crippen LogP contribution in [0.4, 0.5) is 0 Å². The van der Waals surface area contributed by atoms with Gasteiger partial charge in [0.15, 0.2) is 0 Å². The Kier molecular flexibility index (Phi) is 4.87. The molecule has 1 aliphatic rings. The predicted molar refractivity (Wildman–Crippen MR) is 63.2 cm³/mol. The van der Waals surface area contributed by atoms with E-state index in [1.807, 2.05) is 4.90 Å². The molecule has 0 radical (unpaired) electrons. The third kappa shape index (κ3) is 3.08. The Morgan fingerprint density at radius 3 is 2.60 bits per heavy atom. The van der Waals surface area contributed by atoms with Crippen molar-refractivity contribution in [2.24, 2.45) is 0 Å². The van der Waals surface area contributed by atoms with E-state index in [0.29, 0.717) is 6.04 Å². The lowest BCUT2D eigenvalue weighted by Gasteiger charge is -2.26. The van der Waals surface area contributed by atoms with Gasteiger partial charge in [0.1, 0.15) is 5.38 Å². The molecule has 0 aromatic rings. The maximum atomic E-state index is 11.7. The highest BCUT2D eigenvalue weighted by Gasteiger charge is 2.30. The van der Waals surface area contributed by atoms with Crippen molar-refractivity contribution >= 4 is 17.5 Å². The molecule has 1 rings (SSSR count). The Labute approximate surface area is 97.4 Å². The van der Waals surface area contributed by atoms with Gasteiger partial charge in [0.25, 0.3) is 0 Å². The highest BCUT2D eigenvalue weighted by Crippen LogP contribution is 2.17. The van der Waals surface area contributed by atoms with Crippen LogP contribution in [-0.4, -0.2) is 53.3 Å². The van der Waals surface area contributed by atoms with E-state index in [0.717, 1.165) is 32.6 Å². The van der Waals surface area contributed by atoms with Crippen LogP contribution in [0.3, 0.4) is 0 Å². The number of carbonyl (C=O) groups excluding carboxylic acids is 1. The van der Waals surface area contributed by atoms with E-state index in [1.165, 1.54) is 0 Å². The van der Waals surface area contributed by atoms with Crippen molar-refractivity contribution in [2.45, 2.75) is 38.6 Å². The molecule has 0 saturated carbocycles. The molecule has 1 saturated heterocycles. The summed E-state index contributed by atoms with van der Waals surface area (Å²) in [5.74, 6) is 0.0753. The van der Waals surface area contributed by atoms with Gasteiger partial charge in [0.2, 0.25) is 5.91 Å². The fourth-order valence-electron chi connectivity index (χ4n) is 2.23. The third-order valence-electron chi connectivity index (χ3n) is 3.14. The second-order valence-corrected chi connectivity index (χ2v) is 4.72. The zero-order chi connectivity index (χ0) is 11.4. The van der Waals surface area contributed by atoms with E-state index in [1.54, 1.807) is 6.92 Å². The molecule has 0 bridgehead atoms. The average Bonchev–Trinajstić information content (AvgIpc) is 2.67. The maximum Gasteiger partial charge on any atom is 0.240 e. The Bertz CT molecular complexity index is 217. The van der Waals surface area contributed by atoms with Gasteiger partial charge in [-0.25, -0.2) is 0 Å². The van der Waals surface area contributed by atoms with Gasteiger partial charge in [-0.1, -0.05) is 13.8 Å². The van der Waals surface area contributed by atoms with E-state index < -0.39 is 0 Å². The molecule has 15 heavy (non-hydrogen) atoms. The van der Waals surface area contributed by atoms with Crippen molar-refractivity contribution in [1.29, 1.82) is 0 Å². The quantitative estimate of drug-likeness (QED) is 0.687. The minimum atomic E-state index is -0.388. The van der Waals surface area contributed by atoms with Gasteiger partial charge >= 0.3 is 0 Å². The van der Waals surface area contributed by atoms with Crippen molar-refractivity contribution < 1.29 is 4.79 Å². The van der Waals surface area contributed by atoms with Crippen molar-refractivity contribution in [1.82, 2.24) is 9.80 Å². The lowest BCUT2D eigenvalue weighted by Crippen LogP contribution is -2.40. The van der Waals surface area contributed by atoms with E-state index in [-0.39, 0.29) is 11.3 Å². The highest BCUT2D eigenvalue weighted by molar-refractivity contribution is 6.30. The first-order chi connectivity index (χ1) is 7.10. The maximum absolute atomic E-state index is 11.7. The summed E-state index contributed by atoms with van der Waals surface area (Å²) in [5, 5.41) is -0.388. The zero-order valence-corrected chi connectivity index (χ0v) is 10.6. The molecule has 3 nitrogen and oxygen atoms in total. The van der Waals surface area contributed by atoms with Gasteiger partial charge in [-0.05, 0) is 26.4 Å². The van der Waals surface area contributed by atoms with Gasteiger partial charge < -0.3 is 4.90 Å². The van der Waals surface area contributed by atoms with Gasteiger partial charge in [-0.3, -0.25) is 9.69 Å². The van der Waals surface area contributed by atoms with Crippen LogP contribution in [0, 0.1) is 0 Å². The van der Waals surface area contributed by atoms with E-state index in [2.05, 4.69) is 18.7 Å². The number of likely N-dealkylation sites (tertiary alicyclic amines) is 1. The number of likely N-dealkylation sites (N-methyl/N-ethyl adjacent to an activating group) is 1. The lowest BCUT2D eigenvalue weighted by atomic mass is 10.2. The van der Waals surface area contributed by atoms with Crippen molar-refractivity contribution in [3.8, 4) is 0 Å². The molecule has 1 heterocycles. The van der Waals surface area contributed by atoms with Crippen molar-refractivity contribution in [3.05, 3.63) is 0 Å². The molecule has 1 aliphatic heterocycles. The Morgan fingerprint density at radius 1 is 1.53 bits per heavy atom. The predicted octanol–water partition coefficient (Wildman–Crippen LogP) is 1.56. The second-order valence-electron chi connectivity index (χ2n) is 4.06. The summed E-state index contributed by atoms with van der Waals surface area (Å²) >= 11 is 5.80. The standard InChI is InChI=1S/C11H21ClN2O/c1-4-13(5-2)10-6-7-14(8-10)11(15)9(3)12/h9-10H,4-8H2,1-3H3. The number of amides is 1. The Morgan fingerprint density at radius 2 is 2.13 bits per heavy atom. The van der Waals surface area contributed by atoms with E-state index in [9.17, 15) is 4.79 Å². The minimum Gasteiger partial charge on any atom is -0.340 e. The van der Waals surface area contributed by atoms with Crippen molar-refractivity contribution in [2.75, 3.05) is 26.2 Å². The SMILES string of the molecule is CCN(CC)C1CCN(C(=O)C(C)Cl)C1. The normalized spacial score (nSPS) is 23.5. The summed E-state index contributed by atoms with van der Waals surface area (Å²) in [6.07, 6.45) is 1.08. The molecule has 4 heteroatoms. The fourth-order valence-corrected chi connectivity index (χ4v) is 2.37. The van der Waals surface area contributed by atoms with Crippen LogP contribution in [-0.2, 0) is 4.79 Å². The number of rotatable bonds is 4. The van der Waals surface area contributed by atoms with Crippen LogP contribution >= 0.6 is 11.6 Å². The fraction of sp³-hybridized carbons (Fsp3) is 0.909. The van der Waals surface area contributed by atoms with Gasteiger partial charge in [-0.2, -0.15) is 0 Å². The number of halogens is 1. The summed E-state index contributed by atoms with van der Waals surface area (Å²) in [5.41, 5.74) is 0. The van der Waals surface area contributed by atoms with Crippen LogP contribution in [0.5, 0.6) is 0 Å². The molecule has 0 aliphatic carbocycles. The topological polar surface area (TPSA) is 23.6 Å². The summed E-state index contributed by atoms with van der Waals surface area (Å²) in [6, 6.07) is 0.527. The minimum absolute atomic E-state index is 0.0753. The molecule has 2 atom stereocenters. The lowest BCUT2D eigenvalue weighted by molar-refractivity contribution is -0.129. The molecule has 0 aromatic heterocycles. The number of hydrogen-bond acceptors (Lipinski definition) is 2. The van der Waals surface area contributed by atoms with Crippen LogP contribution in [0.1, 0.15) is 27.2 Å². The van der Waals surface area contributed by atoms with Crippen LogP contribution in [0.2, 0.25) is 0 Å². The van der Waals surface area contributed by atoms with Gasteiger partial charge in [0.05, 0.1) is 0 Å². The van der Waals surface area contributed by atoms with Gasteiger partial charge in [0, 0.05) is 19.1 Å². The Hall–Kier alpha value is -0.280. The number of nitrogens with zero attached hydrogens (tertiary/aromatic N) is 2. The first-order valence-corrected chi connectivity index (χ1v) is 6.20. The largest absolute Gasteiger partial charge is 0.340 e. The van der Waals surface area contributed by atoms with Crippen molar-refractivity contribution in [3.63, 3.8) is 0 Å². The molecular formula is C11H21ClN2O. The number of alkyl halides is 1. The summed E-state index contributed by atoms with van der Waals surface area (Å²) < 4.78 is 0. The molecule has 1 fully saturated rings. The molecule has 88 valence electrons. The molecule has 0 spiro atoms. The number of carbonyl (C=O) groups is 1. The second kappa shape index (κ2) is 5.71. The molecule has 0 aromatic carbocycles. The molecule has 2 unspecified atom stereocenters. The molecule has 0 N–H and O–H groups in total. The smallest absolute Gasteiger partial charge is 0.240 e. The number of hydrogen-bond donors (Lipinski definition) is 0. The van der Waals surface area contributed by atoms with Crippen LogP contribution < -0.4 is 0 Å². The Balaban J connectivity index is 2.48. The first kappa shape index (κ1) is 12.8. The van der Waals surface area contributed by atoms with Crippen LogP contribution in [0.25, 0.3) is 0 Å². The average molecular weight is 233 g/mol.